The van der Waals surface area contributed by atoms with E-state index in [1.165, 1.54) is 12.1 Å². The molecule has 0 aliphatic carbocycles. The zero-order chi connectivity index (χ0) is 27.1. The number of hydrogen-bond donors (Lipinski definition) is 8. The summed E-state index contributed by atoms with van der Waals surface area (Å²) in [4.78, 5) is 6.50. The highest BCUT2D eigenvalue weighted by Gasteiger charge is 2.23. The first-order chi connectivity index (χ1) is 18.3. The quantitative estimate of drug-likeness (QED) is 0.0718. The van der Waals surface area contributed by atoms with Crippen LogP contribution in [0.5, 0.6) is 34.5 Å². The molecular weight excluding hydrogens is 492 g/mol. The van der Waals surface area contributed by atoms with Crippen molar-refractivity contribution in [3.05, 3.63) is 55.4 Å². The summed E-state index contributed by atoms with van der Waals surface area (Å²) in [5.74, 6) is -0.614. The number of aromatic nitrogens is 2. The van der Waals surface area contributed by atoms with Gasteiger partial charge in [0.15, 0.2) is 29.2 Å². The van der Waals surface area contributed by atoms with E-state index < -0.39 is 0 Å². The van der Waals surface area contributed by atoms with Gasteiger partial charge in [0.2, 0.25) is 6.33 Å². The molecule has 1 aliphatic rings. The number of amidine groups is 1. The maximum atomic E-state index is 9.90. The average molecular weight is 526 g/mol. The number of nitrogens with one attached hydrogen (secondary N) is 2. The number of phenols is 6. The molecule has 201 valence electrons. The summed E-state index contributed by atoms with van der Waals surface area (Å²) in [7, 11) is 0. The third-order valence-electron chi connectivity index (χ3n) is 6.15. The molecule has 0 spiro atoms. The van der Waals surface area contributed by atoms with Crippen LogP contribution < -0.4 is 20.2 Å². The van der Waals surface area contributed by atoms with Crippen LogP contribution in [0.1, 0.15) is 19.3 Å². The number of rotatable bonds is 13. The van der Waals surface area contributed by atoms with Crippen LogP contribution in [0.3, 0.4) is 0 Å². The van der Waals surface area contributed by atoms with E-state index in [2.05, 4.69) is 20.2 Å². The van der Waals surface area contributed by atoms with Crippen molar-refractivity contribution in [3.63, 3.8) is 0 Å². The molecule has 1 aliphatic heterocycles. The van der Waals surface area contributed by atoms with Crippen LogP contribution in [0, 0.1) is 0 Å². The second kappa shape index (κ2) is 12.0. The standard InChI is InChI=1S/C26H32N6O6/c33-20-15-24(37)22(35)13-18(20)27-4-8-31-12-11-30(17-31)7-2-1-3-26-29-6-10-32(26)9-5-28-19-14-23(36)25(38)16-21(19)34/h6,10-17,27-28H,1-5,7-9H2,(H5-,33,34,35,36,37,38)/q+1/p+1. The SMILES string of the molecule is Oc1cc(O)c(NCCN2C=C[N+]=C2CCCC[n+]2ccn(CCNc3cc(O)c(O)cc3O)c2)cc1O. The van der Waals surface area contributed by atoms with Crippen molar-refractivity contribution in [2.75, 3.05) is 30.3 Å². The van der Waals surface area contributed by atoms with Crippen molar-refractivity contribution in [2.24, 2.45) is 0 Å². The summed E-state index contributed by atoms with van der Waals surface area (Å²) < 4.78 is 4.13. The Morgan fingerprint density at radius 1 is 0.737 bits per heavy atom. The molecule has 1 radical (unpaired) electrons. The van der Waals surface area contributed by atoms with Crippen LogP contribution in [0.2, 0.25) is 0 Å². The number of phenolic OH excluding ortho intramolecular Hbond substituents is 6. The minimum Gasteiger partial charge on any atom is -0.506 e. The molecule has 0 saturated carbocycles. The first-order valence-electron chi connectivity index (χ1n) is 12.3. The second-order valence-corrected chi connectivity index (χ2v) is 8.95. The number of aliphatic imine (C=N–C) groups is 1. The summed E-state index contributed by atoms with van der Waals surface area (Å²) >= 11 is 0. The zero-order valence-electron chi connectivity index (χ0n) is 20.8. The number of aromatic hydroxyl groups is 6. The zero-order valence-corrected chi connectivity index (χ0v) is 20.8. The number of nitrogens with zero attached hydrogens (tertiary/aromatic N) is 4. The Morgan fingerprint density at radius 2 is 1.34 bits per heavy atom. The van der Waals surface area contributed by atoms with E-state index in [1.54, 1.807) is 6.20 Å². The van der Waals surface area contributed by atoms with Gasteiger partial charge in [0.1, 0.15) is 43.2 Å². The smallest absolute Gasteiger partial charge is 0.298 e. The molecule has 0 saturated heterocycles. The lowest BCUT2D eigenvalue weighted by Crippen LogP contribution is -2.32. The minimum absolute atomic E-state index is 0.128. The van der Waals surface area contributed by atoms with Gasteiger partial charge in [-0.2, -0.15) is 0 Å². The molecule has 0 atom stereocenters. The van der Waals surface area contributed by atoms with Gasteiger partial charge in [-0.1, -0.05) is 4.99 Å². The molecule has 4 rings (SSSR count). The van der Waals surface area contributed by atoms with Crippen molar-refractivity contribution in [2.45, 2.75) is 32.4 Å². The first-order valence-corrected chi connectivity index (χ1v) is 12.3. The lowest BCUT2D eigenvalue weighted by atomic mass is 10.2. The Balaban J connectivity index is 1.14. The molecule has 2 aromatic carbocycles. The number of imidazole rings is 1. The Bertz CT molecular complexity index is 1320. The van der Waals surface area contributed by atoms with Crippen LogP contribution >= 0.6 is 0 Å². The third kappa shape index (κ3) is 6.72. The fourth-order valence-electron chi connectivity index (χ4n) is 4.10. The van der Waals surface area contributed by atoms with E-state index >= 15 is 0 Å². The van der Waals surface area contributed by atoms with Crippen LogP contribution in [0.25, 0.3) is 0 Å². The fraction of sp³-hybridized carbons (Fsp3) is 0.308. The molecule has 0 amide bonds. The molecule has 3 aromatic rings. The van der Waals surface area contributed by atoms with E-state index in [0.717, 1.165) is 43.8 Å². The number of benzene rings is 2. The van der Waals surface area contributed by atoms with Crippen molar-refractivity contribution >= 4 is 17.2 Å². The molecule has 12 nitrogen and oxygen atoms in total. The highest BCUT2D eigenvalue weighted by Crippen LogP contribution is 2.36. The van der Waals surface area contributed by atoms with Gasteiger partial charge in [-0.15, -0.1) is 0 Å². The van der Waals surface area contributed by atoms with Crippen molar-refractivity contribution in [1.29, 1.82) is 0 Å². The van der Waals surface area contributed by atoms with Crippen LogP contribution in [0.4, 0.5) is 11.4 Å². The minimum atomic E-state index is -0.370. The van der Waals surface area contributed by atoms with Crippen LogP contribution in [-0.2, 0) is 13.1 Å². The number of aryl methyl sites for hydroxylation is 1. The highest BCUT2D eigenvalue weighted by molar-refractivity contribution is 5.84. The van der Waals surface area contributed by atoms with Crippen LogP contribution in [-0.4, -0.2) is 65.6 Å². The maximum Gasteiger partial charge on any atom is 0.298 e. The molecular formula is C26H33N6O6+2. The predicted octanol–water partition coefficient (Wildman–Crippen LogP) is 1.92. The van der Waals surface area contributed by atoms with Crippen molar-refractivity contribution in [3.8, 4) is 34.5 Å². The Morgan fingerprint density at radius 3 is 2.00 bits per heavy atom. The van der Waals surface area contributed by atoms with Gasteiger partial charge in [0.25, 0.3) is 5.84 Å². The summed E-state index contributed by atoms with van der Waals surface area (Å²) in [5.41, 5.74) is 0.701. The van der Waals surface area contributed by atoms with E-state index in [9.17, 15) is 30.6 Å². The Labute approximate surface area is 219 Å². The topological polar surface area (TPSA) is 172 Å². The molecule has 2 heterocycles. The molecule has 0 fully saturated rings. The molecule has 1 aromatic heterocycles. The number of unbranched alkanes of at least 4 members (excludes halogenated alkanes) is 1. The fourth-order valence-corrected chi connectivity index (χ4v) is 4.10. The molecule has 38 heavy (non-hydrogen) atoms. The van der Waals surface area contributed by atoms with Gasteiger partial charge in [-0.25, -0.2) is 14.0 Å². The van der Waals surface area contributed by atoms with Crippen molar-refractivity contribution in [1.82, 2.24) is 14.5 Å². The van der Waals surface area contributed by atoms with E-state index in [4.69, 9.17) is 0 Å². The van der Waals surface area contributed by atoms with Gasteiger partial charge in [-0.3, -0.25) is 0 Å². The first kappa shape index (κ1) is 26.3. The predicted molar refractivity (Wildman–Crippen MR) is 141 cm³/mol. The lowest BCUT2D eigenvalue weighted by Gasteiger charge is -2.13. The van der Waals surface area contributed by atoms with E-state index in [0.29, 0.717) is 37.6 Å². The summed E-state index contributed by atoms with van der Waals surface area (Å²) in [5, 5.41) is 63.9. The summed E-state index contributed by atoms with van der Waals surface area (Å²) in [6.45, 7) is 3.17. The largest absolute Gasteiger partial charge is 0.506 e. The molecule has 8 N–H and O–H groups in total. The molecule has 0 bridgehead atoms. The summed E-state index contributed by atoms with van der Waals surface area (Å²) in [6, 6.07) is 4.77. The normalized spacial score (nSPS) is 12.6. The van der Waals surface area contributed by atoms with Gasteiger partial charge in [-0.05, 0) is 12.8 Å². The van der Waals surface area contributed by atoms with Gasteiger partial charge in [0.05, 0.1) is 37.4 Å². The molecule has 12 heteroatoms. The van der Waals surface area contributed by atoms with Crippen molar-refractivity contribution < 1.29 is 35.2 Å². The van der Waals surface area contributed by atoms with Gasteiger partial charge >= 0.3 is 0 Å². The number of hydrogen-bond acceptors (Lipinski definition) is 10. The summed E-state index contributed by atoms with van der Waals surface area (Å²) in [6.07, 6.45) is 12.4. The van der Waals surface area contributed by atoms with E-state index in [-0.39, 0.29) is 34.5 Å². The average Bonchev–Trinajstić information content (AvgIpc) is 3.52. The lowest BCUT2D eigenvalue weighted by molar-refractivity contribution is -0.696. The Hall–Kier alpha value is -4.74. The van der Waals surface area contributed by atoms with Crippen LogP contribution in [0.15, 0.2) is 55.4 Å². The monoisotopic (exact) mass is 525 g/mol. The third-order valence-corrected chi connectivity index (χ3v) is 6.15. The number of anilines is 2. The van der Waals surface area contributed by atoms with Gasteiger partial charge < -0.3 is 41.3 Å². The Kier molecular flexibility index (Phi) is 8.31. The maximum absolute atomic E-state index is 9.90. The molecule has 0 unspecified atom stereocenters. The van der Waals surface area contributed by atoms with Gasteiger partial charge in [0, 0.05) is 24.3 Å². The highest BCUT2D eigenvalue weighted by atomic mass is 16.3. The van der Waals surface area contributed by atoms with E-state index in [1.807, 2.05) is 34.4 Å². The second-order valence-electron chi connectivity index (χ2n) is 8.95.